The number of hydrogen-bond donors (Lipinski definition) is 0. The highest BCUT2D eigenvalue weighted by molar-refractivity contribution is 5.71. The summed E-state index contributed by atoms with van der Waals surface area (Å²) >= 11 is 0. The van der Waals surface area contributed by atoms with Gasteiger partial charge in [-0.15, -0.1) is 0 Å². The van der Waals surface area contributed by atoms with Crippen LogP contribution in [0.5, 0.6) is 0 Å². The number of carbonyl (C=O) groups is 3. The van der Waals surface area contributed by atoms with E-state index in [1.165, 1.54) is 212 Å². The zero-order chi connectivity index (χ0) is 48.4. The van der Waals surface area contributed by atoms with Crippen LogP contribution in [0.4, 0.5) is 0 Å². The number of hydrogen-bond acceptors (Lipinski definition) is 6. The molecule has 392 valence electrons. The molecule has 0 radical (unpaired) electrons. The molecule has 0 aromatic rings. The third-order valence-corrected chi connectivity index (χ3v) is 14.0. The lowest BCUT2D eigenvalue weighted by Gasteiger charge is -2.18. The van der Waals surface area contributed by atoms with E-state index in [9.17, 15) is 14.4 Å². The van der Waals surface area contributed by atoms with E-state index in [0.29, 0.717) is 19.3 Å². The van der Waals surface area contributed by atoms with Crippen LogP contribution >= 0.6 is 0 Å². The SMILES string of the molecule is CCC(C)CCCCCCCCCCC(=O)OC[C@@H](COC(=O)CCCCCCCCCCCCCCCCC(C)C)OC(=O)CCCCCCCCCCCCCCCCCCC(C)C. The molecule has 0 saturated heterocycles. The molecule has 0 N–H and O–H groups in total. The fourth-order valence-electron chi connectivity index (χ4n) is 9.14. The summed E-state index contributed by atoms with van der Waals surface area (Å²) < 4.78 is 16.9. The zero-order valence-corrected chi connectivity index (χ0v) is 45.5. The highest BCUT2D eigenvalue weighted by Gasteiger charge is 2.19. The second kappa shape index (κ2) is 51.3. The average molecular weight is 934 g/mol. The van der Waals surface area contributed by atoms with Gasteiger partial charge in [0.05, 0.1) is 0 Å². The van der Waals surface area contributed by atoms with Gasteiger partial charge in [0, 0.05) is 19.3 Å². The van der Waals surface area contributed by atoms with Crippen molar-refractivity contribution in [2.75, 3.05) is 13.2 Å². The van der Waals surface area contributed by atoms with Crippen LogP contribution in [0, 0.1) is 17.8 Å². The van der Waals surface area contributed by atoms with Crippen molar-refractivity contribution >= 4 is 17.9 Å². The quantitative estimate of drug-likeness (QED) is 0.0343. The predicted molar refractivity (Wildman–Crippen MR) is 284 cm³/mol. The molecule has 0 spiro atoms. The van der Waals surface area contributed by atoms with Gasteiger partial charge < -0.3 is 14.2 Å². The van der Waals surface area contributed by atoms with Gasteiger partial charge in [-0.25, -0.2) is 0 Å². The Bertz CT molecular complexity index is 1020. The normalized spacial score (nSPS) is 12.5. The van der Waals surface area contributed by atoms with Crippen LogP contribution in [0.3, 0.4) is 0 Å². The second-order valence-electron chi connectivity index (χ2n) is 21.8. The molecular weight excluding hydrogens is 817 g/mol. The van der Waals surface area contributed by atoms with Gasteiger partial charge in [0.15, 0.2) is 6.10 Å². The third-order valence-electron chi connectivity index (χ3n) is 14.0. The van der Waals surface area contributed by atoms with E-state index < -0.39 is 6.10 Å². The molecule has 0 aliphatic carbocycles. The van der Waals surface area contributed by atoms with Crippen LogP contribution in [-0.4, -0.2) is 37.2 Å². The summed E-state index contributed by atoms with van der Waals surface area (Å²) in [4.78, 5) is 38.2. The number of rotatable bonds is 53. The first-order valence-corrected chi connectivity index (χ1v) is 29.6. The molecule has 0 rings (SSSR count). The minimum atomic E-state index is -0.764. The van der Waals surface area contributed by atoms with Crippen LogP contribution in [0.25, 0.3) is 0 Å². The van der Waals surface area contributed by atoms with E-state index in [2.05, 4.69) is 41.5 Å². The predicted octanol–water partition coefficient (Wildman–Crippen LogP) is 19.5. The highest BCUT2D eigenvalue weighted by atomic mass is 16.6. The molecule has 0 fully saturated rings. The zero-order valence-electron chi connectivity index (χ0n) is 45.5. The first kappa shape index (κ1) is 64.4. The molecular formula is C60H116O6. The number of esters is 3. The van der Waals surface area contributed by atoms with Crippen molar-refractivity contribution in [2.24, 2.45) is 17.8 Å². The third kappa shape index (κ3) is 51.8. The van der Waals surface area contributed by atoms with E-state index in [1.807, 2.05) is 0 Å². The molecule has 0 heterocycles. The van der Waals surface area contributed by atoms with Crippen LogP contribution in [0.15, 0.2) is 0 Å². The highest BCUT2D eigenvalue weighted by Crippen LogP contribution is 2.19. The smallest absolute Gasteiger partial charge is 0.306 e. The molecule has 6 heteroatoms. The summed E-state index contributed by atoms with van der Waals surface area (Å²) in [5.41, 5.74) is 0. The summed E-state index contributed by atoms with van der Waals surface area (Å²) in [5.74, 6) is 1.70. The molecule has 0 amide bonds. The molecule has 1 unspecified atom stereocenters. The fraction of sp³-hybridized carbons (Fsp3) is 0.950. The van der Waals surface area contributed by atoms with Crippen LogP contribution in [-0.2, 0) is 28.6 Å². The maximum absolute atomic E-state index is 12.9. The second-order valence-corrected chi connectivity index (χ2v) is 21.8. The van der Waals surface area contributed by atoms with Crippen molar-refractivity contribution in [3.8, 4) is 0 Å². The van der Waals surface area contributed by atoms with Gasteiger partial charge >= 0.3 is 17.9 Å². The fourth-order valence-corrected chi connectivity index (χ4v) is 9.14. The lowest BCUT2D eigenvalue weighted by atomic mass is 9.99. The topological polar surface area (TPSA) is 78.9 Å². The number of ether oxygens (including phenoxy) is 3. The Morgan fingerprint density at radius 3 is 0.788 bits per heavy atom. The molecule has 0 saturated carbocycles. The number of carbonyl (C=O) groups excluding carboxylic acids is 3. The largest absolute Gasteiger partial charge is 0.462 e. The lowest BCUT2D eigenvalue weighted by molar-refractivity contribution is -0.167. The van der Waals surface area contributed by atoms with Gasteiger partial charge in [-0.1, -0.05) is 292 Å². The molecule has 6 nitrogen and oxygen atoms in total. The van der Waals surface area contributed by atoms with Crippen molar-refractivity contribution in [3.63, 3.8) is 0 Å². The molecule has 0 bridgehead atoms. The minimum absolute atomic E-state index is 0.0636. The molecule has 0 aliphatic rings. The maximum Gasteiger partial charge on any atom is 0.306 e. The summed E-state index contributed by atoms with van der Waals surface area (Å²) in [6, 6.07) is 0. The summed E-state index contributed by atoms with van der Waals surface area (Å²) in [7, 11) is 0. The summed E-state index contributed by atoms with van der Waals surface area (Å²) in [6.45, 7) is 13.8. The van der Waals surface area contributed by atoms with E-state index in [-0.39, 0.29) is 31.1 Å². The number of unbranched alkanes of at least 4 members (excludes halogenated alkanes) is 35. The maximum atomic E-state index is 12.9. The van der Waals surface area contributed by atoms with Crippen molar-refractivity contribution in [2.45, 2.75) is 337 Å². The Kier molecular flexibility index (Phi) is 50.0. The van der Waals surface area contributed by atoms with Crippen molar-refractivity contribution in [1.82, 2.24) is 0 Å². The first-order chi connectivity index (χ1) is 32.1. The molecule has 0 aliphatic heterocycles. The Balaban J connectivity index is 4.28. The summed E-state index contributed by atoms with van der Waals surface area (Å²) in [5, 5.41) is 0. The molecule has 0 aromatic heterocycles. The van der Waals surface area contributed by atoms with Crippen molar-refractivity contribution < 1.29 is 28.6 Å². The van der Waals surface area contributed by atoms with E-state index in [1.54, 1.807) is 0 Å². The van der Waals surface area contributed by atoms with Crippen molar-refractivity contribution in [3.05, 3.63) is 0 Å². The first-order valence-electron chi connectivity index (χ1n) is 29.6. The molecule has 66 heavy (non-hydrogen) atoms. The average Bonchev–Trinajstić information content (AvgIpc) is 3.29. The molecule has 2 atom stereocenters. The Morgan fingerprint density at radius 2 is 0.530 bits per heavy atom. The summed E-state index contributed by atoms with van der Waals surface area (Å²) in [6.07, 6.45) is 53.8. The van der Waals surface area contributed by atoms with Crippen molar-refractivity contribution in [1.29, 1.82) is 0 Å². The van der Waals surface area contributed by atoms with Gasteiger partial charge in [-0.3, -0.25) is 14.4 Å². The van der Waals surface area contributed by atoms with Gasteiger partial charge in [0.25, 0.3) is 0 Å². The minimum Gasteiger partial charge on any atom is -0.462 e. The Hall–Kier alpha value is -1.59. The van der Waals surface area contributed by atoms with E-state index >= 15 is 0 Å². The van der Waals surface area contributed by atoms with Gasteiger partial charge in [0.2, 0.25) is 0 Å². The van der Waals surface area contributed by atoms with Gasteiger partial charge in [0.1, 0.15) is 13.2 Å². The van der Waals surface area contributed by atoms with Crippen LogP contribution in [0.1, 0.15) is 330 Å². The monoisotopic (exact) mass is 933 g/mol. The van der Waals surface area contributed by atoms with Gasteiger partial charge in [-0.05, 0) is 37.0 Å². The van der Waals surface area contributed by atoms with Gasteiger partial charge in [-0.2, -0.15) is 0 Å². The van der Waals surface area contributed by atoms with Crippen LogP contribution in [0.2, 0.25) is 0 Å². The van der Waals surface area contributed by atoms with E-state index in [4.69, 9.17) is 14.2 Å². The van der Waals surface area contributed by atoms with Crippen LogP contribution < -0.4 is 0 Å². The lowest BCUT2D eigenvalue weighted by Crippen LogP contribution is -2.30. The Labute approximate surface area is 412 Å². The molecule has 0 aromatic carbocycles. The standard InChI is InChI=1S/C60H116O6/c1-7-56(6)48-42-36-30-26-27-32-38-44-50-59(62)65-53-57(52-64-58(61)49-43-37-31-24-20-16-13-12-15-19-23-29-35-41-47-55(4)5)66-60(63)51-45-39-33-25-21-17-11-9-8-10-14-18-22-28-34-40-46-54(2)3/h54-57H,7-53H2,1-6H3/t56?,57-/m1/s1. The van der Waals surface area contributed by atoms with E-state index in [0.717, 1.165) is 75.5 Å². The Morgan fingerprint density at radius 1 is 0.303 bits per heavy atom.